The molecule has 90 valence electrons. The van der Waals surface area contributed by atoms with Gasteiger partial charge in [0, 0.05) is 0 Å². The van der Waals surface area contributed by atoms with E-state index in [0.717, 1.165) is 0 Å². The van der Waals surface area contributed by atoms with Gasteiger partial charge in [0.15, 0.2) is 5.82 Å². The summed E-state index contributed by atoms with van der Waals surface area (Å²) in [5, 5.41) is 6.43. The lowest BCUT2D eigenvalue weighted by molar-refractivity contribution is 0.415. The van der Waals surface area contributed by atoms with Crippen molar-refractivity contribution in [1.82, 2.24) is 15.5 Å². The van der Waals surface area contributed by atoms with Crippen molar-refractivity contribution in [3.8, 4) is 11.5 Å². The van der Waals surface area contributed by atoms with Crippen molar-refractivity contribution in [1.29, 1.82) is 0 Å². The zero-order chi connectivity index (χ0) is 12.4. The Hall–Kier alpha value is -1.82. The lowest BCUT2D eigenvalue weighted by Gasteiger charge is -2.02. The van der Waals surface area contributed by atoms with Gasteiger partial charge in [0.1, 0.15) is 17.2 Å². The first-order valence-corrected chi connectivity index (χ1v) is 5.05. The number of nitrogens with zero attached hydrogens (tertiary/aromatic N) is 2. The molecule has 0 aliphatic carbocycles. The van der Waals surface area contributed by atoms with Crippen molar-refractivity contribution in [2.45, 2.75) is 13.5 Å². The first-order chi connectivity index (χ1) is 8.13. The summed E-state index contributed by atoms with van der Waals surface area (Å²) >= 11 is 0. The van der Waals surface area contributed by atoms with Gasteiger partial charge in [-0.25, -0.2) is 8.78 Å². The third-order valence-electron chi connectivity index (χ3n) is 2.30. The zero-order valence-corrected chi connectivity index (χ0v) is 9.42. The topological polar surface area (TPSA) is 51.0 Å². The second-order valence-corrected chi connectivity index (χ2v) is 3.60. The van der Waals surface area contributed by atoms with Crippen LogP contribution in [0.1, 0.15) is 11.4 Å². The van der Waals surface area contributed by atoms with Crippen LogP contribution in [0.5, 0.6) is 0 Å². The lowest BCUT2D eigenvalue weighted by atomic mass is 10.1. The Balaban J connectivity index is 2.48. The van der Waals surface area contributed by atoms with Crippen LogP contribution < -0.4 is 5.32 Å². The number of hydrogen-bond acceptors (Lipinski definition) is 4. The van der Waals surface area contributed by atoms with E-state index in [1.165, 1.54) is 12.1 Å². The Morgan fingerprint density at radius 3 is 2.82 bits per heavy atom. The van der Waals surface area contributed by atoms with Crippen LogP contribution in [0.4, 0.5) is 8.78 Å². The minimum absolute atomic E-state index is 0.144. The Morgan fingerprint density at radius 1 is 1.35 bits per heavy atom. The summed E-state index contributed by atoms with van der Waals surface area (Å²) in [7, 11) is 1.71. The maximum atomic E-state index is 13.8. The molecular weight excluding hydrogens is 228 g/mol. The largest absolute Gasteiger partial charge is 0.334 e. The predicted molar refractivity (Wildman–Crippen MR) is 57.2 cm³/mol. The van der Waals surface area contributed by atoms with E-state index >= 15 is 0 Å². The van der Waals surface area contributed by atoms with E-state index in [-0.39, 0.29) is 11.5 Å². The van der Waals surface area contributed by atoms with Gasteiger partial charge in [-0.15, -0.1) is 0 Å². The molecular formula is C11H11F2N3O. The highest BCUT2D eigenvalue weighted by Crippen LogP contribution is 2.26. The quantitative estimate of drug-likeness (QED) is 0.890. The summed E-state index contributed by atoms with van der Waals surface area (Å²) < 4.78 is 32.1. The minimum atomic E-state index is -0.715. The van der Waals surface area contributed by atoms with E-state index in [0.29, 0.717) is 17.9 Å². The van der Waals surface area contributed by atoms with Crippen molar-refractivity contribution in [3.05, 3.63) is 35.2 Å². The van der Waals surface area contributed by atoms with E-state index < -0.39 is 11.6 Å². The molecule has 4 nitrogen and oxygen atoms in total. The van der Waals surface area contributed by atoms with Crippen LogP contribution in [-0.4, -0.2) is 17.2 Å². The second kappa shape index (κ2) is 4.58. The Labute approximate surface area is 96.6 Å². The third kappa shape index (κ3) is 2.16. The molecule has 2 rings (SSSR count). The molecule has 1 heterocycles. The highest BCUT2D eigenvalue weighted by atomic mass is 19.1. The molecule has 6 heteroatoms. The van der Waals surface area contributed by atoms with E-state index in [4.69, 9.17) is 4.52 Å². The van der Waals surface area contributed by atoms with Gasteiger partial charge in [-0.3, -0.25) is 0 Å². The summed E-state index contributed by atoms with van der Waals surface area (Å²) in [6.45, 7) is 1.92. The highest BCUT2D eigenvalue weighted by molar-refractivity contribution is 5.56. The van der Waals surface area contributed by atoms with Gasteiger partial charge in [-0.05, 0) is 25.6 Å². The van der Waals surface area contributed by atoms with Crippen LogP contribution in [0.25, 0.3) is 11.5 Å². The molecule has 0 spiro atoms. The molecule has 1 aromatic carbocycles. The summed E-state index contributed by atoms with van der Waals surface area (Å²) in [5.74, 6) is -1.19. The first-order valence-electron chi connectivity index (χ1n) is 5.05. The summed E-state index contributed by atoms with van der Waals surface area (Å²) in [6.07, 6.45) is 0. The van der Waals surface area contributed by atoms with E-state index in [1.54, 1.807) is 14.0 Å². The smallest absolute Gasteiger partial charge is 0.263 e. The molecule has 1 aromatic heterocycles. The van der Waals surface area contributed by atoms with Crippen LogP contribution in [0.15, 0.2) is 16.7 Å². The molecule has 0 saturated carbocycles. The fraction of sp³-hybridized carbons (Fsp3) is 0.273. The van der Waals surface area contributed by atoms with Crippen LogP contribution in [0.2, 0.25) is 0 Å². The molecule has 0 bridgehead atoms. The van der Waals surface area contributed by atoms with Crippen LogP contribution >= 0.6 is 0 Å². The van der Waals surface area contributed by atoms with E-state index in [1.807, 2.05) is 0 Å². The van der Waals surface area contributed by atoms with Crippen molar-refractivity contribution in [3.63, 3.8) is 0 Å². The molecule has 0 atom stereocenters. The molecule has 0 aliphatic heterocycles. The monoisotopic (exact) mass is 239 g/mol. The van der Waals surface area contributed by atoms with E-state index in [2.05, 4.69) is 15.5 Å². The molecule has 2 aromatic rings. The SMILES string of the molecule is CNCc1noc(-c2c(F)ccc(C)c2F)n1. The van der Waals surface area contributed by atoms with Crippen LogP contribution in [0.3, 0.4) is 0 Å². The molecule has 0 unspecified atom stereocenters. The molecule has 0 radical (unpaired) electrons. The summed E-state index contributed by atoms with van der Waals surface area (Å²) in [5.41, 5.74) is 0.0506. The standard InChI is InChI=1S/C11H11F2N3O/c1-6-3-4-7(12)9(10(6)13)11-15-8(5-14-2)16-17-11/h3-4,14H,5H2,1-2H3. The number of aryl methyl sites for hydroxylation is 1. The number of nitrogens with one attached hydrogen (secondary N) is 1. The number of aromatic nitrogens is 2. The molecule has 1 N–H and O–H groups in total. The van der Waals surface area contributed by atoms with Gasteiger partial charge < -0.3 is 9.84 Å². The summed E-state index contributed by atoms with van der Waals surface area (Å²) in [4.78, 5) is 3.91. The Kier molecular flexibility index (Phi) is 3.14. The third-order valence-corrected chi connectivity index (χ3v) is 2.30. The van der Waals surface area contributed by atoms with Gasteiger partial charge in [-0.2, -0.15) is 4.98 Å². The van der Waals surface area contributed by atoms with E-state index in [9.17, 15) is 8.78 Å². The van der Waals surface area contributed by atoms with Crippen LogP contribution in [-0.2, 0) is 6.54 Å². The average molecular weight is 239 g/mol. The minimum Gasteiger partial charge on any atom is -0.334 e. The average Bonchev–Trinajstić information content (AvgIpc) is 2.73. The van der Waals surface area contributed by atoms with Crippen molar-refractivity contribution < 1.29 is 13.3 Å². The molecule has 17 heavy (non-hydrogen) atoms. The van der Waals surface area contributed by atoms with Crippen molar-refractivity contribution in [2.24, 2.45) is 0 Å². The molecule has 0 saturated heterocycles. The molecule has 0 amide bonds. The number of rotatable bonds is 3. The van der Waals surface area contributed by atoms with Crippen molar-refractivity contribution in [2.75, 3.05) is 7.05 Å². The van der Waals surface area contributed by atoms with Gasteiger partial charge in [0.25, 0.3) is 5.89 Å². The number of benzene rings is 1. The second-order valence-electron chi connectivity index (χ2n) is 3.60. The maximum absolute atomic E-state index is 13.8. The van der Waals surface area contributed by atoms with Crippen LogP contribution in [0, 0.1) is 18.6 Å². The number of halogens is 2. The maximum Gasteiger partial charge on any atom is 0.263 e. The Morgan fingerprint density at radius 2 is 2.12 bits per heavy atom. The zero-order valence-electron chi connectivity index (χ0n) is 9.42. The van der Waals surface area contributed by atoms with Gasteiger partial charge in [-0.1, -0.05) is 11.2 Å². The number of hydrogen-bond donors (Lipinski definition) is 1. The summed E-state index contributed by atoms with van der Waals surface area (Å²) in [6, 6.07) is 2.54. The van der Waals surface area contributed by atoms with Crippen molar-refractivity contribution >= 4 is 0 Å². The van der Waals surface area contributed by atoms with Gasteiger partial charge in [0.2, 0.25) is 0 Å². The molecule has 0 aliphatic rings. The fourth-order valence-corrected chi connectivity index (χ4v) is 1.44. The lowest BCUT2D eigenvalue weighted by Crippen LogP contribution is -2.06. The predicted octanol–water partition coefficient (Wildman–Crippen LogP) is 2.04. The first kappa shape index (κ1) is 11.7. The van der Waals surface area contributed by atoms with Gasteiger partial charge >= 0.3 is 0 Å². The fourth-order valence-electron chi connectivity index (χ4n) is 1.44. The highest BCUT2D eigenvalue weighted by Gasteiger charge is 2.19. The normalized spacial score (nSPS) is 10.8. The Bertz CT molecular complexity index is 540. The molecule has 0 fully saturated rings. The van der Waals surface area contributed by atoms with Gasteiger partial charge in [0.05, 0.1) is 6.54 Å².